The van der Waals surface area contributed by atoms with Gasteiger partial charge in [-0.25, -0.2) is 4.39 Å². The van der Waals surface area contributed by atoms with Gasteiger partial charge in [0.1, 0.15) is 17.6 Å². The van der Waals surface area contributed by atoms with Gasteiger partial charge in [-0.05, 0) is 55.6 Å². The molecule has 5 heterocycles. The van der Waals surface area contributed by atoms with Gasteiger partial charge in [0, 0.05) is 48.3 Å². The summed E-state index contributed by atoms with van der Waals surface area (Å²) in [5.41, 5.74) is 4.51. The number of piperidine rings is 2. The molecular formula is C30H30FN5O4. The largest absolute Gasteiger partial charge is 0.492 e. The molecule has 3 aromatic rings. The standard InChI is InChI=1S/C30H30FN5O4/c1-34-15-20(13-32-34)19-4-2-3-18(11-19)14-35-9-7-30(8-10-35)17-40-27-21-16-36(24-5-6-25(37)33-28(24)38)29(39)26(21)23(31)12-22(27)30/h2-4,11-13,15,24H,5-10,14,16-17H2,1H3,(H,33,37,38)/t24-/m0/s1. The van der Waals surface area contributed by atoms with Crippen molar-refractivity contribution in [3.63, 3.8) is 0 Å². The number of nitrogens with one attached hydrogen (secondary N) is 1. The fourth-order valence-electron chi connectivity index (χ4n) is 6.76. The summed E-state index contributed by atoms with van der Waals surface area (Å²) in [7, 11) is 1.91. The first kappa shape index (κ1) is 25.0. The first-order valence-electron chi connectivity index (χ1n) is 13.7. The number of carbonyl (C=O) groups excluding carboxylic acids is 3. The molecule has 2 aromatic carbocycles. The van der Waals surface area contributed by atoms with Gasteiger partial charge >= 0.3 is 0 Å². The quantitative estimate of drug-likeness (QED) is 0.509. The van der Waals surface area contributed by atoms with Crippen LogP contribution in [0.25, 0.3) is 11.1 Å². The molecule has 4 aliphatic heterocycles. The number of carbonyl (C=O) groups is 3. The zero-order chi connectivity index (χ0) is 27.6. The van der Waals surface area contributed by atoms with Crippen molar-refractivity contribution in [1.29, 1.82) is 0 Å². The van der Waals surface area contributed by atoms with Crippen molar-refractivity contribution in [2.45, 2.75) is 50.2 Å². The second kappa shape index (κ2) is 9.26. The van der Waals surface area contributed by atoms with Crippen molar-refractivity contribution < 1.29 is 23.5 Å². The third-order valence-electron chi connectivity index (χ3n) is 8.97. The number of imide groups is 1. The Bertz CT molecular complexity index is 1560. The lowest BCUT2D eigenvalue weighted by atomic mass is 9.73. The summed E-state index contributed by atoms with van der Waals surface area (Å²) in [6.45, 7) is 3.08. The predicted octanol–water partition coefficient (Wildman–Crippen LogP) is 2.91. The van der Waals surface area contributed by atoms with Crippen molar-refractivity contribution >= 4 is 17.7 Å². The van der Waals surface area contributed by atoms with Crippen LogP contribution in [0.15, 0.2) is 42.7 Å². The summed E-state index contributed by atoms with van der Waals surface area (Å²) in [6.07, 6.45) is 5.92. The van der Waals surface area contributed by atoms with E-state index in [1.165, 1.54) is 16.5 Å². The molecule has 2 fully saturated rings. The number of amides is 3. The molecule has 1 atom stereocenters. The molecular weight excluding hydrogens is 513 g/mol. The van der Waals surface area contributed by atoms with E-state index >= 15 is 4.39 Å². The number of benzene rings is 2. The van der Waals surface area contributed by atoms with E-state index in [4.69, 9.17) is 4.74 Å². The summed E-state index contributed by atoms with van der Waals surface area (Å²) in [5.74, 6) is -1.34. The maximum atomic E-state index is 15.5. The normalized spacial score (nSPS) is 21.9. The molecule has 10 heteroatoms. The van der Waals surface area contributed by atoms with E-state index < -0.39 is 23.7 Å². The van der Waals surface area contributed by atoms with Crippen molar-refractivity contribution in [3.8, 4) is 16.9 Å². The molecule has 0 saturated carbocycles. The van der Waals surface area contributed by atoms with E-state index in [1.54, 1.807) is 4.68 Å². The van der Waals surface area contributed by atoms with E-state index in [1.807, 2.05) is 19.4 Å². The highest BCUT2D eigenvalue weighted by atomic mass is 19.1. The molecule has 7 rings (SSSR count). The Morgan fingerprint density at radius 1 is 1.15 bits per heavy atom. The summed E-state index contributed by atoms with van der Waals surface area (Å²) in [4.78, 5) is 41.0. The van der Waals surface area contributed by atoms with Crippen molar-refractivity contribution in [1.82, 2.24) is 24.9 Å². The Kier molecular flexibility index (Phi) is 5.78. The topological polar surface area (TPSA) is 96.8 Å². The zero-order valence-corrected chi connectivity index (χ0v) is 22.3. The van der Waals surface area contributed by atoms with Crippen LogP contribution < -0.4 is 10.1 Å². The molecule has 40 heavy (non-hydrogen) atoms. The van der Waals surface area contributed by atoms with E-state index in [9.17, 15) is 14.4 Å². The molecule has 0 unspecified atom stereocenters. The van der Waals surface area contributed by atoms with Crippen LogP contribution in [-0.4, -0.2) is 63.0 Å². The minimum Gasteiger partial charge on any atom is -0.492 e. The molecule has 1 N–H and O–H groups in total. The number of fused-ring (bicyclic) bond motifs is 4. The Labute approximate surface area is 230 Å². The van der Waals surface area contributed by atoms with Gasteiger partial charge in [0.05, 0.1) is 24.9 Å². The lowest BCUT2D eigenvalue weighted by molar-refractivity contribution is -0.136. The summed E-state index contributed by atoms with van der Waals surface area (Å²) in [6, 6.07) is 9.22. The Morgan fingerprint density at radius 3 is 2.73 bits per heavy atom. The lowest BCUT2D eigenvalue weighted by Crippen LogP contribution is -2.52. The number of nitrogens with zero attached hydrogens (tertiary/aromatic N) is 4. The molecule has 1 aromatic heterocycles. The first-order valence-corrected chi connectivity index (χ1v) is 13.7. The minimum absolute atomic E-state index is 0.00793. The van der Waals surface area contributed by atoms with Crippen LogP contribution in [0.4, 0.5) is 4.39 Å². The van der Waals surface area contributed by atoms with Crippen LogP contribution in [-0.2, 0) is 35.1 Å². The van der Waals surface area contributed by atoms with Gasteiger partial charge in [0.15, 0.2) is 0 Å². The highest BCUT2D eigenvalue weighted by Crippen LogP contribution is 2.50. The van der Waals surface area contributed by atoms with Gasteiger partial charge < -0.3 is 9.64 Å². The fourth-order valence-corrected chi connectivity index (χ4v) is 6.76. The maximum Gasteiger partial charge on any atom is 0.258 e. The highest BCUT2D eigenvalue weighted by Gasteiger charge is 2.49. The Morgan fingerprint density at radius 2 is 1.98 bits per heavy atom. The number of ether oxygens (including phenoxy) is 1. The molecule has 9 nitrogen and oxygen atoms in total. The average Bonchev–Trinajstić information content (AvgIpc) is 3.62. The second-order valence-electron chi connectivity index (χ2n) is 11.4. The number of halogens is 1. The van der Waals surface area contributed by atoms with Gasteiger partial charge in [0.2, 0.25) is 11.8 Å². The smallest absolute Gasteiger partial charge is 0.258 e. The fraction of sp³-hybridized carbons (Fsp3) is 0.400. The molecule has 0 bridgehead atoms. The molecule has 4 aliphatic rings. The van der Waals surface area contributed by atoms with E-state index in [0.717, 1.165) is 49.2 Å². The highest BCUT2D eigenvalue weighted by molar-refractivity contribution is 6.06. The number of aryl methyl sites for hydroxylation is 1. The van der Waals surface area contributed by atoms with Crippen LogP contribution in [0.1, 0.15) is 52.7 Å². The van der Waals surface area contributed by atoms with Crippen LogP contribution in [0.3, 0.4) is 0 Å². The van der Waals surface area contributed by atoms with Crippen molar-refractivity contribution in [3.05, 3.63) is 70.8 Å². The number of likely N-dealkylation sites (tertiary alicyclic amines) is 1. The SMILES string of the molecule is Cn1cc(-c2cccc(CN3CCC4(CC3)COc3c4cc(F)c4c3CN([C@H]3CCC(=O)NC3=O)C4=O)c2)cn1. The maximum absolute atomic E-state index is 15.5. The van der Waals surface area contributed by atoms with Crippen molar-refractivity contribution in [2.75, 3.05) is 19.7 Å². The van der Waals surface area contributed by atoms with Crippen LogP contribution in [0.5, 0.6) is 5.75 Å². The summed E-state index contributed by atoms with van der Waals surface area (Å²) < 4.78 is 23.5. The predicted molar refractivity (Wildman–Crippen MR) is 143 cm³/mol. The summed E-state index contributed by atoms with van der Waals surface area (Å²) >= 11 is 0. The Balaban J connectivity index is 1.08. The number of rotatable bonds is 4. The van der Waals surface area contributed by atoms with Crippen LogP contribution in [0.2, 0.25) is 0 Å². The first-order chi connectivity index (χ1) is 19.3. The van der Waals surface area contributed by atoms with E-state index in [2.05, 4.69) is 39.6 Å². The van der Waals surface area contributed by atoms with Gasteiger partial charge in [-0.1, -0.05) is 18.2 Å². The van der Waals surface area contributed by atoms with E-state index in [-0.39, 0.29) is 36.3 Å². The zero-order valence-electron chi connectivity index (χ0n) is 22.3. The van der Waals surface area contributed by atoms with Crippen LogP contribution >= 0.6 is 0 Å². The van der Waals surface area contributed by atoms with Gasteiger partial charge in [-0.2, -0.15) is 5.10 Å². The molecule has 1 spiro atoms. The molecule has 0 aliphatic carbocycles. The van der Waals surface area contributed by atoms with Gasteiger partial charge in [-0.3, -0.25) is 29.3 Å². The van der Waals surface area contributed by atoms with Gasteiger partial charge in [0.25, 0.3) is 5.91 Å². The molecule has 2 saturated heterocycles. The number of aromatic nitrogens is 2. The van der Waals surface area contributed by atoms with Crippen LogP contribution in [0, 0.1) is 5.82 Å². The lowest BCUT2D eigenvalue weighted by Gasteiger charge is -2.38. The average molecular weight is 544 g/mol. The summed E-state index contributed by atoms with van der Waals surface area (Å²) in [5, 5.41) is 6.58. The van der Waals surface area contributed by atoms with Crippen molar-refractivity contribution in [2.24, 2.45) is 7.05 Å². The monoisotopic (exact) mass is 543 g/mol. The third-order valence-corrected chi connectivity index (χ3v) is 8.97. The Hall–Kier alpha value is -4.05. The van der Waals surface area contributed by atoms with Gasteiger partial charge in [-0.15, -0.1) is 0 Å². The second-order valence-corrected chi connectivity index (χ2v) is 11.4. The molecule has 3 amide bonds. The van der Waals surface area contributed by atoms with E-state index in [0.29, 0.717) is 17.9 Å². The minimum atomic E-state index is -0.789. The number of hydrogen-bond donors (Lipinski definition) is 1. The third kappa shape index (κ3) is 4.00. The molecule has 0 radical (unpaired) electrons. The molecule has 206 valence electrons. The number of hydrogen-bond acceptors (Lipinski definition) is 6.